The van der Waals surface area contributed by atoms with Gasteiger partial charge >= 0.3 is 5.97 Å². The Kier molecular flexibility index (Phi) is 5.84. The summed E-state index contributed by atoms with van der Waals surface area (Å²) in [7, 11) is 1.34. The van der Waals surface area contributed by atoms with E-state index < -0.39 is 0 Å². The van der Waals surface area contributed by atoms with Crippen molar-refractivity contribution in [2.75, 3.05) is 12.4 Å². The van der Waals surface area contributed by atoms with Crippen molar-refractivity contribution in [2.45, 2.75) is 6.61 Å². The number of anilines is 1. The molecule has 0 radical (unpaired) electrons. The van der Waals surface area contributed by atoms with Gasteiger partial charge in [0, 0.05) is 5.69 Å². The Balaban J connectivity index is 1.69. The van der Waals surface area contributed by atoms with Crippen LogP contribution in [-0.2, 0) is 11.3 Å². The Morgan fingerprint density at radius 1 is 0.852 bits per heavy atom. The van der Waals surface area contributed by atoms with Crippen LogP contribution in [0.5, 0.6) is 5.75 Å². The lowest BCUT2D eigenvalue weighted by Gasteiger charge is -2.12. The highest BCUT2D eigenvalue weighted by Crippen LogP contribution is 2.21. The van der Waals surface area contributed by atoms with Gasteiger partial charge in [0.2, 0.25) is 0 Å². The molecular formula is C22H19NO4. The Labute approximate surface area is 157 Å². The van der Waals surface area contributed by atoms with E-state index in [1.165, 1.54) is 7.11 Å². The van der Waals surface area contributed by atoms with Crippen molar-refractivity contribution in [3.8, 4) is 5.75 Å². The Morgan fingerprint density at radius 3 is 2.22 bits per heavy atom. The van der Waals surface area contributed by atoms with E-state index in [9.17, 15) is 9.59 Å². The molecule has 5 nitrogen and oxygen atoms in total. The molecule has 136 valence electrons. The summed E-state index contributed by atoms with van der Waals surface area (Å²) in [5.74, 6) is -0.133. The van der Waals surface area contributed by atoms with Crippen molar-refractivity contribution in [3.05, 3.63) is 95.6 Å². The van der Waals surface area contributed by atoms with Gasteiger partial charge in [-0.2, -0.15) is 0 Å². The van der Waals surface area contributed by atoms with Gasteiger partial charge in [0.15, 0.2) is 0 Å². The number of amides is 1. The van der Waals surface area contributed by atoms with Crippen molar-refractivity contribution in [2.24, 2.45) is 0 Å². The topological polar surface area (TPSA) is 64.6 Å². The SMILES string of the molecule is COC(=O)c1ccc(COc2ccccc2C(=O)Nc2ccccc2)cc1. The van der Waals surface area contributed by atoms with Gasteiger partial charge in [-0.1, -0.05) is 42.5 Å². The highest BCUT2D eigenvalue weighted by molar-refractivity contribution is 6.06. The van der Waals surface area contributed by atoms with Crippen molar-refractivity contribution >= 4 is 17.6 Å². The van der Waals surface area contributed by atoms with E-state index in [1.54, 1.807) is 42.5 Å². The number of rotatable bonds is 6. The van der Waals surface area contributed by atoms with E-state index in [4.69, 9.17) is 4.74 Å². The Morgan fingerprint density at radius 2 is 1.52 bits per heavy atom. The van der Waals surface area contributed by atoms with Gasteiger partial charge < -0.3 is 14.8 Å². The fraction of sp³-hybridized carbons (Fsp3) is 0.0909. The lowest BCUT2D eigenvalue weighted by atomic mass is 10.1. The first-order valence-electron chi connectivity index (χ1n) is 8.43. The Bertz CT molecular complexity index is 921. The van der Waals surface area contributed by atoms with Crippen LogP contribution in [0.15, 0.2) is 78.9 Å². The summed E-state index contributed by atoms with van der Waals surface area (Å²) in [5, 5.41) is 2.85. The minimum absolute atomic E-state index is 0.238. The number of hydrogen-bond acceptors (Lipinski definition) is 4. The molecule has 0 unspecified atom stereocenters. The summed E-state index contributed by atoms with van der Waals surface area (Å²) >= 11 is 0. The molecule has 0 atom stereocenters. The third-order valence-electron chi connectivity index (χ3n) is 3.93. The molecular weight excluding hydrogens is 342 g/mol. The van der Waals surface area contributed by atoms with Gasteiger partial charge in [0.1, 0.15) is 12.4 Å². The quantitative estimate of drug-likeness (QED) is 0.665. The number of nitrogens with one attached hydrogen (secondary N) is 1. The van der Waals surface area contributed by atoms with Crippen LogP contribution in [0.3, 0.4) is 0 Å². The number of carbonyl (C=O) groups is 2. The minimum Gasteiger partial charge on any atom is -0.488 e. The maximum absolute atomic E-state index is 12.6. The van der Waals surface area contributed by atoms with Gasteiger partial charge in [-0.05, 0) is 42.0 Å². The van der Waals surface area contributed by atoms with Gasteiger partial charge in [-0.3, -0.25) is 4.79 Å². The first-order valence-corrected chi connectivity index (χ1v) is 8.43. The number of methoxy groups -OCH3 is 1. The molecule has 0 saturated heterocycles. The summed E-state index contributed by atoms with van der Waals surface area (Å²) in [6.45, 7) is 0.275. The van der Waals surface area contributed by atoms with Gasteiger partial charge in [-0.25, -0.2) is 4.79 Å². The molecule has 3 aromatic rings. The molecule has 3 aromatic carbocycles. The summed E-state index contributed by atoms with van der Waals surface area (Å²) in [4.78, 5) is 24.0. The summed E-state index contributed by atoms with van der Waals surface area (Å²) in [6, 6.07) is 23.3. The van der Waals surface area contributed by atoms with E-state index in [0.717, 1.165) is 11.3 Å². The second kappa shape index (κ2) is 8.67. The average Bonchev–Trinajstić information content (AvgIpc) is 2.73. The summed E-state index contributed by atoms with van der Waals surface area (Å²) in [5.41, 5.74) is 2.52. The smallest absolute Gasteiger partial charge is 0.337 e. The number of benzene rings is 3. The molecule has 0 aliphatic carbocycles. The number of esters is 1. The lowest BCUT2D eigenvalue weighted by molar-refractivity contribution is 0.0600. The predicted octanol–water partition coefficient (Wildman–Crippen LogP) is 4.30. The molecule has 5 heteroatoms. The molecule has 0 saturated carbocycles. The second-order valence-corrected chi connectivity index (χ2v) is 5.79. The Hall–Kier alpha value is -3.60. The van der Waals surface area contributed by atoms with E-state index >= 15 is 0 Å². The molecule has 0 heterocycles. The van der Waals surface area contributed by atoms with Crippen LogP contribution in [0.1, 0.15) is 26.3 Å². The largest absolute Gasteiger partial charge is 0.488 e. The molecule has 0 bridgehead atoms. The van der Waals surface area contributed by atoms with Crippen LogP contribution in [-0.4, -0.2) is 19.0 Å². The van der Waals surface area contributed by atoms with Crippen LogP contribution in [0.4, 0.5) is 5.69 Å². The predicted molar refractivity (Wildman–Crippen MR) is 103 cm³/mol. The molecule has 0 spiro atoms. The van der Waals surface area contributed by atoms with Crippen LogP contribution in [0.2, 0.25) is 0 Å². The molecule has 0 fully saturated rings. The third kappa shape index (κ3) is 4.73. The highest BCUT2D eigenvalue weighted by atomic mass is 16.5. The molecule has 1 N–H and O–H groups in total. The zero-order valence-electron chi connectivity index (χ0n) is 14.8. The van der Waals surface area contributed by atoms with E-state index in [0.29, 0.717) is 16.9 Å². The van der Waals surface area contributed by atoms with Crippen LogP contribution in [0, 0.1) is 0 Å². The monoisotopic (exact) mass is 361 g/mol. The van der Waals surface area contributed by atoms with E-state index in [-0.39, 0.29) is 18.5 Å². The van der Waals surface area contributed by atoms with E-state index in [1.807, 2.05) is 36.4 Å². The second-order valence-electron chi connectivity index (χ2n) is 5.79. The minimum atomic E-state index is -0.384. The first-order chi connectivity index (χ1) is 13.2. The molecule has 1 amide bonds. The normalized spacial score (nSPS) is 10.1. The van der Waals surface area contributed by atoms with Crippen molar-refractivity contribution < 1.29 is 19.1 Å². The van der Waals surface area contributed by atoms with Gasteiger partial charge in [0.05, 0.1) is 18.2 Å². The lowest BCUT2D eigenvalue weighted by Crippen LogP contribution is -2.13. The number of hydrogen-bond donors (Lipinski definition) is 1. The zero-order valence-corrected chi connectivity index (χ0v) is 14.8. The van der Waals surface area contributed by atoms with Gasteiger partial charge in [0.25, 0.3) is 5.91 Å². The standard InChI is InChI=1S/C22H19NO4/c1-26-22(25)17-13-11-16(12-14-17)15-27-20-10-6-5-9-19(20)21(24)23-18-7-3-2-4-8-18/h2-14H,15H2,1H3,(H,23,24). The van der Waals surface area contributed by atoms with E-state index in [2.05, 4.69) is 10.1 Å². The molecule has 0 aromatic heterocycles. The number of para-hydroxylation sites is 2. The maximum Gasteiger partial charge on any atom is 0.337 e. The maximum atomic E-state index is 12.6. The van der Waals surface area contributed by atoms with Crippen LogP contribution < -0.4 is 10.1 Å². The average molecular weight is 361 g/mol. The van der Waals surface area contributed by atoms with Crippen LogP contribution >= 0.6 is 0 Å². The molecule has 0 aliphatic heterocycles. The molecule has 3 rings (SSSR count). The van der Waals surface area contributed by atoms with Crippen molar-refractivity contribution in [1.82, 2.24) is 0 Å². The molecule has 0 aliphatic rings. The third-order valence-corrected chi connectivity index (χ3v) is 3.93. The van der Waals surface area contributed by atoms with Crippen LogP contribution in [0.25, 0.3) is 0 Å². The van der Waals surface area contributed by atoms with Gasteiger partial charge in [-0.15, -0.1) is 0 Å². The van der Waals surface area contributed by atoms with Crippen molar-refractivity contribution in [3.63, 3.8) is 0 Å². The highest BCUT2D eigenvalue weighted by Gasteiger charge is 2.12. The summed E-state index contributed by atoms with van der Waals surface area (Å²) in [6.07, 6.45) is 0. The summed E-state index contributed by atoms with van der Waals surface area (Å²) < 4.78 is 10.5. The zero-order chi connectivity index (χ0) is 19.1. The first kappa shape index (κ1) is 18.2. The number of ether oxygens (including phenoxy) is 2. The fourth-order valence-corrected chi connectivity index (χ4v) is 2.52. The fourth-order valence-electron chi connectivity index (χ4n) is 2.52. The molecule has 27 heavy (non-hydrogen) atoms. The van der Waals surface area contributed by atoms with Crippen molar-refractivity contribution in [1.29, 1.82) is 0 Å². The number of carbonyl (C=O) groups excluding carboxylic acids is 2.